The van der Waals surface area contributed by atoms with E-state index < -0.39 is 0 Å². The molecule has 1 heterocycles. The highest BCUT2D eigenvalue weighted by Crippen LogP contribution is 2.19. The van der Waals surface area contributed by atoms with Gasteiger partial charge in [-0.3, -0.25) is 9.36 Å². The molecule has 0 radical (unpaired) electrons. The molecule has 1 N–H and O–H groups in total. The summed E-state index contributed by atoms with van der Waals surface area (Å²) in [6.07, 6.45) is 1.81. The SMILES string of the molecule is COc1ccc(-n2cc(-c3ccccc3)ccc(CO)cccc2=O)cc1. The van der Waals surface area contributed by atoms with Gasteiger partial charge in [-0.2, -0.15) is 0 Å². The van der Waals surface area contributed by atoms with Gasteiger partial charge in [0.05, 0.1) is 13.7 Å². The number of nitrogens with zero attached hydrogens (tertiary/aromatic N) is 1. The summed E-state index contributed by atoms with van der Waals surface area (Å²) < 4.78 is 6.80. The predicted octanol–water partition coefficient (Wildman–Crippen LogP) is 4.13. The third kappa shape index (κ3) is 4.63. The van der Waals surface area contributed by atoms with Crippen molar-refractivity contribution in [1.82, 2.24) is 4.57 Å². The van der Waals surface area contributed by atoms with Gasteiger partial charge in [-0.25, -0.2) is 0 Å². The number of aliphatic hydroxyl groups is 1. The predicted molar refractivity (Wildman–Crippen MR) is 108 cm³/mol. The Labute approximate surface area is 158 Å². The minimum atomic E-state index is -0.183. The lowest BCUT2D eigenvalue weighted by Gasteiger charge is -2.08. The summed E-state index contributed by atoms with van der Waals surface area (Å²) in [7, 11) is 1.61. The van der Waals surface area contributed by atoms with Gasteiger partial charge in [0.25, 0.3) is 5.56 Å². The molecule has 1 aromatic heterocycles. The number of aromatic nitrogens is 1. The van der Waals surface area contributed by atoms with E-state index in [2.05, 4.69) is 0 Å². The van der Waals surface area contributed by atoms with Gasteiger partial charge in [0.15, 0.2) is 0 Å². The van der Waals surface area contributed by atoms with E-state index in [4.69, 9.17) is 4.74 Å². The normalized spacial score (nSPS) is 10.1. The molecule has 0 saturated heterocycles. The molecule has 0 unspecified atom stereocenters. The van der Waals surface area contributed by atoms with Gasteiger partial charge in [-0.1, -0.05) is 54.6 Å². The monoisotopic (exact) mass is 359 g/mol. The van der Waals surface area contributed by atoms with Crippen molar-refractivity contribution in [3.05, 3.63) is 107 Å². The smallest absolute Gasteiger partial charge is 0.255 e. The zero-order valence-corrected chi connectivity index (χ0v) is 15.1. The summed E-state index contributed by atoms with van der Waals surface area (Å²) in [6, 6.07) is 25.8. The van der Waals surface area contributed by atoms with E-state index in [-0.39, 0.29) is 12.2 Å². The Balaban J connectivity index is 2.29. The van der Waals surface area contributed by atoms with Crippen LogP contribution in [0.4, 0.5) is 0 Å². The first-order valence-electron chi connectivity index (χ1n) is 8.62. The highest BCUT2D eigenvalue weighted by molar-refractivity contribution is 5.62. The number of hydrogen-bond donors (Lipinski definition) is 1. The number of hydrogen-bond acceptors (Lipinski definition) is 3. The number of aliphatic hydroxyl groups excluding tert-OH is 1. The van der Waals surface area contributed by atoms with Crippen LogP contribution in [-0.4, -0.2) is 16.8 Å². The fraction of sp³-hybridized carbons (Fsp3) is 0.0870. The molecule has 136 valence electrons. The van der Waals surface area contributed by atoms with E-state index in [9.17, 15) is 9.90 Å². The molecule has 3 aromatic rings. The van der Waals surface area contributed by atoms with Crippen molar-refractivity contribution in [2.24, 2.45) is 0 Å². The van der Waals surface area contributed by atoms with Gasteiger partial charge in [0, 0.05) is 18.0 Å². The molecule has 4 heteroatoms. The summed E-state index contributed by atoms with van der Waals surface area (Å²) in [6.45, 7) is -0.0979. The second-order valence-electron chi connectivity index (χ2n) is 5.95. The van der Waals surface area contributed by atoms with Crippen molar-refractivity contribution in [2.75, 3.05) is 7.11 Å². The van der Waals surface area contributed by atoms with Crippen LogP contribution in [0.25, 0.3) is 16.8 Å². The van der Waals surface area contributed by atoms with Gasteiger partial charge in [-0.15, -0.1) is 0 Å². The van der Waals surface area contributed by atoms with Crippen LogP contribution < -0.4 is 10.3 Å². The molecule has 4 nitrogen and oxygen atoms in total. The van der Waals surface area contributed by atoms with Gasteiger partial charge < -0.3 is 9.84 Å². The topological polar surface area (TPSA) is 51.5 Å². The van der Waals surface area contributed by atoms with Crippen molar-refractivity contribution in [3.8, 4) is 22.6 Å². The number of methoxy groups -OCH3 is 1. The molecule has 0 amide bonds. The molecular formula is C23H21NO3. The van der Waals surface area contributed by atoms with Crippen molar-refractivity contribution in [3.63, 3.8) is 0 Å². The summed E-state index contributed by atoms with van der Waals surface area (Å²) in [5.41, 5.74) is 3.10. The molecule has 0 fully saturated rings. The Bertz CT molecular complexity index is 1010. The Morgan fingerprint density at radius 1 is 0.815 bits per heavy atom. The minimum absolute atomic E-state index is 0.0979. The van der Waals surface area contributed by atoms with Crippen LogP contribution in [-0.2, 0) is 6.61 Å². The zero-order valence-electron chi connectivity index (χ0n) is 15.1. The fourth-order valence-corrected chi connectivity index (χ4v) is 2.68. The van der Waals surface area contributed by atoms with Gasteiger partial charge in [0.1, 0.15) is 5.75 Å². The molecule has 0 aliphatic heterocycles. The van der Waals surface area contributed by atoms with Crippen molar-refractivity contribution < 1.29 is 9.84 Å². The first-order chi connectivity index (χ1) is 13.2. The summed E-state index contributed by atoms with van der Waals surface area (Å²) >= 11 is 0. The maximum Gasteiger partial charge on any atom is 0.255 e. The molecule has 0 saturated carbocycles. The highest BCUT2D eigenvalue weighted by Gasteiger charge is 2.01. The van der Waals surface area contributed by atoms with E-state index in [0.717, 1.165) is 28.1 Å². The van der Waals surface area contributed by atoms with E-state index in [1.807, 2.05) is 66.7 Å². The summed E-state index contributed by atoms with van der Waals surface area (Å²) in [5, 5.41) is 9.49. The molecular weight excluding hydrogens is 338 g/mol. The lowest BCUT2D eigenvalue weighted by Crippen LogP contribution is -2.14. The lowest BCUT2D eigenvalue weighted by molar-refractivity contribution is 0.282. The molecule has 0 aliphatic carbocycles. The number of rotatable bonds is 4. The van der Waals surface area contributed by atoms with Crippen LogP contribution in [0.15, 0.2) is 95.9 Å². The van der Waals surface area contributed by atoms with Crippen molar-refractivity contribution >= 4 is 0 Å². The highest BCUT2D eigenvalue weighted by atomic mass is 16.5. The molecule has 2 aromatic carbocycles. The minimum Gasteiger partial charge on any atom is -0.497 e. The molecule has 0 aliphatic rings. The Morgan fingerprint density at radius 2 is 1.56 bits per heavy atom. The standard InChI is InChI=1S/C23H21NO3/c1-27-22-14-12-21(13-15-22)24-16-20(19-7-3-2-4-8-19)11-10-18(17-25)6-5-9-23(24)26/h2-16,25H,17H2,1H3. The third-order valence-corrected chi connectivity index (χ3v) is 4.17. The second-order valence-corrected chi connectivity index (χ2v) is 5.95. The van der Waals surface area contributed by atoms with E-state index in [1.165, 1.54) is 6.07 Å². The molecule has 3 rings (SSSR count). The molecule has 0 atom stereocenters. The van der Waals surface area contributed by atoms with Crippen molar-refractivity contribution in [1.29, 1.82) is 0 Å². The van der Waals surface area contributed by atoms with E-state index in [1.54, 1.807) is 30.0 Å². The lowest BCUT2D eigenvalue weighted by atomic mass is 10.1. The number of benzene rings is 2. The Morgan fingerprint density at radius 3 is 2.22 bits per heavy atom. The van der Waals surface area contributed by atoms with Crippen LogP contribution in [0.2, 0.25) is 0 Å². The molecule has 0 spiro atoms. The van der Waals surface area contributed by atoms with E-state index >= 15 is 0 Å². The zero-order chi connectivity index (χ0) is 19.1. The maximum absolute atomic E-state index is 12.8. The summed E-state index contributed by atoms with van der Waals surface area (Å²) in [4.78, 5) is 12.8. The van der Waals surface area contributed by atoms with Crippen LogP contribution in [0.5, 0.6) is 5.75 Å². The molecule has 27 heavy (non-hydrogen) atoms. The second kappa shape index (κ2) is 8.83. The van der Waals surface area contributed by atoms with Crippen LogP contribution >= 0.6 is 0 Å². The average molecular weight is 359 g/mol. The average Bonchev–Trinajstić information content (AvgIpc) is 2.73. The van der Waals surface area contributed by atoms with Gasteiger partial charge >= 0.3 is 0 Å². The first-order valence-corrected chi connectivity index (χ1v) is 8.62. The van der Waals surface area contributed by atoms with Crippen molar-refractivity contribution in [2.45, 2.75) is 6.61 Å². The summed E-state index contributed by atoms with van der Waals surface area (Å²) in [5.74, 6) is 0.727. The van der Waals surface area contributed by atoms with E-state index in [0.29, 0.717) is 0 Å². The molecule has 0 bridgehead atoms. The number of ether oxygens (including phenoxy) is 1. The third-order valence-electron chi connectivity index (χ3n) is 4.17. The Hall–Kier alpha value is -3.37. The first kappa shape index (κ1) is 18.4. The van der Waals surface area contributed by atoms with Crippen LogP contribution in [0, 0.1) is 0 Å². The van der Waals surface area contributed by atoms with Gasteiger partial charge in [-0.05, 0) is 41.0 Å². The van der Waals surface area contributed by atoms with Crippen LogP contribution in [0.3, 0.4) is 0 Å². The fourth-order valence-electron chi connectivity index (χ4n) is 2.68. The maximum atomic E-state index is 12.8. The Kier molecular flexibility index (Phi) is 6.02. The van der Waals surface area contributed by atoms with Gasteiger partial charge in [0.2, 0.25) is 0 Å². The quantitative estimate of drug-likeness (QED) is 0.762. The largest absolute Gasteiger partial charge is 0.497 e. The van der Waals surface area contributed by atoms with Crippen LogP contribution in [0.1, 0.15) is 5.56 Å².